The Morgan fingerprint density at radius 3 is 2.70 bits per heavy atom. The fourth-order valence-corrected chi connectivity index (χ4v) is 2.11. The van der Waals surface area contributed by atoms with E-state index >= 15 is 0 Å². The van der Waals surface area contributed by atoms with Gasteiger partial charge in [-0.15, -0.1) is 0 Å². The number of hydrogen-bond donors (Lipinski definition) is 1. The van der Waals surface area contributed by atoms with E-state index in [1.165, 1.54) is 0 Å². The van der Waals surface area contributed by atoms with Crippen LogP contribution in [0.4, 0.5) is 0 Å². The topological polar surface area (TPSA) is 39.7 Å². The molecular weight excluding hydrogens is 322 g/mol. The Bertz CT molecular complexity index is 387. The lowest BCUT2D eigenvalue weighted by Gasteiger charge is -2.17. The van der Waals surface area contributed by atoms with Crippen LogP contribution in [0.1, 0.15) is 24.9 Å². The molecule has 1 rings (SSSR count). The van der Waals surface area contributed by atoms with Gasteiger partial charge in [0.05, 0.1) is 19.8 Å². The highest BCUT2D eigenvalue weighted by Gasteiger charge is 2.10. The lowest BCUT2D eigenvalue weighted by molar-refractivity contribution is 0.0643. The van der Waals surface area contributed by atoms with Gasteiger partial charge in [0.1, 0.15) is 5.75 Å². The standard InChI is InChI=1S/C15H24BrNO3/c1-12(17-2)14-11-13(16)5-6-15(14)20-8-4-7-19-10-9-18-3/h5-6,11-12,17H,4,7-10H2,1-3H3. The molecule has 0 fully saturated rings. The number of benzene rings is 1. The number of halogens is 1. The van der Waals surface area contributed by atoms with Gasteiger partial charge in [-0.2, -0.15) is 0 Å². The Balaban J connectivity index is 2.39. The maximum atomic E-state index is 5.85. The number of rotatable bonds is 10. The first kappa shape index (κ1) is 17.4. The summed E-state index contributed by atoms with van der Waals surface area (Å²) < 4.78 is 17.2. The molecule has 0 spiro atoms. The predicted octanol–water partition coefficient (Wildman–Crippen LogP) is 3.16. The highest BCUT2D eigenvalue weighted by molar-refractivity contribution is 9.10. The predicted molar refractivity (Wildman–Crippen MR) is 84.4 cm³/mol. The van der Waals surface area contributed by atoms with Crippen molar-refractivity contribution in [3.05, 3.63) is 28.2 Å². The van der Waals surface area contributed by atoms with Crippen LogP contribution in [0.25, 0.3) is 0 Å². The molecule has 1 N–H and O–H groups in total. The Kier molecular flexibility index (Phi) is 8.85. The third kappa shape index (κ3) is 6.22. The monoisotopic (exact) mass is 345 g/mol. The summed E-state index contributed by atoms with van der Waals surface area (Å²) in [5.41, 5.74) is 1.15. The van der Waals surface area contributed by atoms with E-state index in [4.69, 9.17) is 14.2 Å². The molecule has 4 nitrogen and oxygen atoms in total. The van der Waals surface area contributed by atoms with Crippen LogP contribution < -0.4 is 10.1 Å². The Labute approximate surface area is 129 Å². The summed E-state index contributed by atoms with van der Waals surface area (Å²) in [7, 11) is 3.61. The smallest absolute Gasteiger partial charge is 0.124 e. The van der Waals surface area contributed by atoms with Gasteiger partial charge in [-0.3, -0.25) is 0 Å². The van der Waals surface area contributed by atoms with E-state index < -0.39 is 0 Å². The molecule has 0 aliphatic rings. The van der Waals surface area contributed by atoms with Crippen LogP contribution >= 0.6 is 15.9 Å². The van der Waals surface area contributed by atoms with Gasteiger partial charge in [0, 0.05) is 36.2 Å². The molecule has 0 aliphatic heterocycles. The first-order chi connectivity index (χ1) is 9.69. The zero-order chi connectivity index (χ0) is 14.8. The largest absolute Gasteiger partial charge is 0.493 e. The first-order valence-corrected chi connectivity index (χ1v) is 7.64. The summed E-state index contributed by atoms with van der Waals surface area (Å²) in [4.78, 5) is 0. The molecule has 1 atom stereocenters. The molecule has 0 amide bonds. The van der Waals surface area contributed by atoms with Crippen LogP contribution in [0.3, 0.4) is 0 Å². The summed E-state index contributed by atoms with van der Waals surface area (Å²) >= 11 is 3.50. The van der Waals surface area contributed by atoms with Gasteiger partial charge in [-0.25, -0.2) is 0 Å². The molecule has 0 radical (unpaired) electrons. The van der Waals surface area contributed by atoms with Gasteiger partial charge in [-0.1, -0.05) is 15.9 Å². The van der Waals surface area contributed by atoms with E-state index in [0.717, 1.165) is 22.2 Å². The van der Waals surface area contributed by atoms with Crippen LogP contribution in [0, 0.1) is 0 Å². The van der Waals surface area contributed by atoms with Gasteiger partial charge in [0.25, 0.3) is 0 Å². The third-order valence-corrected chi connectivity index (χ3v) is 3.49. The Morgan fingerprint density at radius 2 is 2.00 bits per heavy atom. The minimum Gasteiger partial charge on any atom is -0.493 e. The molecule has 0 aromatic heterocycles. The molecule has 1 aromatic carbocycles. The van der Waals surface area contributed by atoms with Gasteiger partial charge in [-0.05, 0) is 32.2 Å². The van der Waals surface area contributed by atoms with Gasteiger partial charge >= 0.3 is 0 Å². The van der Waals surface area contributed by atoms with Crippen molar-refractivity contribution in [2.75, 3.05) is 40.6 Å². The quantitative estimate of drug-likeness (QED) is 0.661. The van der Waals surface area contributed by atoms with Gasteiger partial charge in [0.2, 0.25) is 0 Å². The lowest BCUT2D eigenvalue weighted by atomic mass is 10.1. The molecule has 5 heteroatoms. The van der Waals surface area contributed by atoms with Crippen LogP contribution in [-0.4, -0.2) is 40.6 Å². The second kappa shape index (κ2) is 10.2. The third-order valence-electron chi connectivity index (χ3n) is 2.99. The molecule has 0 aliphatic carbocycles. The van der Waals surface area contributed by atoms with E-state index in [0.29, 0.717) is 26.4 Å². The average Bonchev–Trinajstić information content (AvgIpc) is 2.46. The number of methoxy groups -OCH3 is 1. The zero-order valence-electron chi connectivity index (χ0n) is 12.4. The summed E-state index contributed by atoms with van der Waals surface area (Å²) in [6.45, 7) is 4.73. The Hall–Kier alpha value is -0.620. The van der Waals surface area contributed by atoms with E-state index in [9.17, 15) is 0 Å². The van der Waals surface area contributed by atoms with Crippen molar-refractivity contribution in [2.45, 2.75) is 19.4 Å². The lowest BCUT2D eigenvalue weighted by Crippen LogP contribution is -2.14. The number of nitrogens with one attached hydrogen (secondary N) is 1. The van der Waals surface area contributed by atoms with Crippen molar-refractivity contribution in [1.29, 1.82) is 0 Å². The maximum Gasteiger partial charge on any atom is 0.124 e. The molecule has 0 bridgehead atoms. The Morgan fingerprint density at radius 1 is 1.20 bits per heavy atom. The average molecular weight is 346 g/mol. The highest BCUT2D eigenvalue weighted by atomic mass is 79.9. The molecule has 0 saturated carbocycles. The summed E-state index contributed by atoms with van der Waals surface area (Å²) in [6.07, 6.45) is 0.868. The summed E-state index contributed by atoms with van der Waals surface area (Å²) in [5, 5.41) is 3.23. The maximum absolute atomic E-state index is 5.85. The number of ether oxygens (including phenoxy) is 3. The minimum absolute atomic E-state index is 0.250. The fourth-order valence-electron chi connectivity index (χ4n) is 1.73. The van der Waals surface area contributed by atoms with Crippen molar-refractivity contribution < 1.29 is 14.2 Å². The van der Waals surface area contributed by atoms with E-state index in [1.807, 2.05) is 19.2 Å². The molecule has 20 heavy (non-hydrogen) atoms. The first-order valence-electron chi connectivity index (χ1n) is 6.85. The van der Waals surface area contributed by atoms with Gasteiger partial charge < -0.3 is 19.5 Å². The van der Waals surface area contributed by atoms with Crippen LogP contribution in [-0.2, 0) is 9.47 Å². The SMILES string of the molecule is CNC(C)c1cc(Br)ccc1OCCCOCCOC. The van der Waals surface area contributed by atoms with Crippen LogP contribution in [0.2, 0.25) is 0 Å². The fraction of sp³-hybridized carbons (Fsp3) is 0.600. The number of hydrogen-bond acceptors (Lipinski definition) is 4. The second-order valence-corrected chi connectivity index (χ2v) is 5.42. The van der Waals surface area contributed by atoms with Crippen LogP contribution in [0.5, 0.6) is 5.75 Å². The van der Waals surface area contributed by atoms with Gasteiger partial charge in [0.15, 0.2) is 0 Å². The zero-order valence-corrected chi connectivity index (χ0v) is 14.0. The summed E-state index contributed by atoms with van der Waals surface area (Å²) in [5.74, 6) is 0.923. The minimum atomic E-state index is 0.250. The van der Waals surface area contributed by atoms with Crippen molar-refractivity contribution in [3.8, 4) is 5.75 Å². The molecule has 1 unspecified atom stereocenters. The summed E-state index contributed by atoms with van der Waals surface area (Å²) in [6, 6.07) is 6.33. The van der Waals surface area contributed by atoms with Crippen molar-refractivity contribution in [3.63, 3.8) is 0 Å². The molecule has 0 saturated heterocycles. The van der Waals surface area contributed by atoms with Crippen LogP contribution in [0.15, 0.2) is 22.7 Å². The van der Waals surface area contributed by atoms with E-state index in [2.05, 4.69) is 34.2 Å². The van der Waals surface area contributed by atoms with E-state index in [-0.39, 0.29) is 6.04 Å². The van der Waals surface area contributed by atoms with E-state index in [1.54, 1.807) is 7.11 Å². The second-order valence-electron chi connectivity index (χ2n) is 4.50. The molecular formula is C15H24BrNO3. The molecule has 114 valence electrons. The molecule has 0 heterocycles. The van der Waals surface area contributed by atoms with Crippen molar-refractivity contribution in [1.82, 2.24) is 5.32 Å². The van der Waals surface area contributed by atoms with Crippen molar-refractivity contribution in [2.24, 2.45) is 0 Å². The van der Waals surface area contributed by atoms with Crippen molar-refractivity contribution >= 4 is 15.9 Å². The highest BCUT2D eigenvalue weighted by Crippen LogP contribution is 2.28. The normalized spacial score (nSPS) is 12.4. The molecule has 1 aromatic rings.